The first-order valence-corrected chi connectivity index (χ1v) is 10.6. The quantitative estimate of drug-likeness (QED) is 0.349. The largest absolute Gasteiger partial charge is 1.00 e. The molecule has 0 spiro atoms. The van der Waals surface area contributed by atoms with Gasteiger partial charge in [0.15, 0.2) is 18.1 Å². The van der Waals surface area contributed by atoms with Crippen LogP contribution in [-0.4, -0.2) is 32.3 Å². The van der Waals surface area contributed by atoms with Gasteiger partial charge in [-0.2, -0.15) is 0 Å². The van der Waals surface area contributed by atoms with Gasteiger partial charge in [-0.1, -0.05) is 6.07 Å². The van der Waals surface area contributed by atoms with Crippen molar-refractivity contribution >= 4 is 19.4 Å². The number of hydrogen-bond donors (Lipinski definition) is 0. The number of carbonyl (C=O) groups is 1. The van der Waals surface area contributed by atoms with Crippen LogP contribution in [0.25, 0.3) is 0 Å². The zero-order valence-electron chi connectivity index (χ0n) is 19.5. The number of aryl methyl sites for hydroxylation is 2. The molecule has 3 unspecified atom stereocenters. The second-order valence-corrected chi connectivity index (χ2v) is 8.33. The summed E-state index contributed by atoms with van der Waals surface area (Å²) in [4.78, 5) is 13.2. The Balaban J connectivity index is 0.00000450. The van der Waals surface area contributed by atoms with Gasteiger partial charge in [-0.3, -0.25) is 4.79 Å². The van der Waals surface area contributed by atoms with Crippen molar-refractivity contribution in [1.82, 2.24) is 0 Å². The average Bonchev–Trinajstić information content (AvgIpc) is 2.67. The monoisotopic (exact) mass is 425 g/mol. The van der Waals surface area contributed by atoms with Gasteiger partial charge in [0.2, 0.25) is 0 Å². The van der Waals surface area contributed by atoms with Gasteiger partial charge in [-0.15, -0.1) is 0 Å². The Morgan fingerprint density at radius 1 is 0.867 bits per heavy atom. The molecule has 2 rings (SSSR count). The summed E-state index contributed by atoms with van der Waals surface area (Å²) in [7, 11) is 3.09. The normalized spacial score (nSPS) is 13.1. The van der Waals surface area contributed by atoms with Crippen LogP contribution in [0, 0.1) is 27.7 Å². The molecule has 0 saturated carbocycles. The van der Waals surface area contributed by atoms with Crippen molar-refractivity contribution in [3.05, 3.63) is 52.1 Å². The summed E-state index contributed by atoms with van der Waals surface area (Å²) in [5.74, 6) is 1.18. The van der Waals surface area contributed by atoms with Crippen molar-refractivity contribution < 1.29 is 42.6 Å². The molecular weight excluding hydrogens is 394 g/mol. The Kier molecular flexibility index (Phi) is 10.6. The van der Waals surface area contributed by atoms with E-state index in [-0.39, 0.29) is 33.0 Å². The molecule has 0 aliphatic rings. The van der Waals surface area contributed by atoms with E-state index in [2.05, 4.69) is 19.9 Å². The van der Waals surface area contributed by atoms with Crippen LogP contribution in [0.5, 0.6) is 11.5 Å². The predicted molar refractivity (Wildman–Crippen MR) is 118 cm³/mol. The van der Waals surface area contributed by atoms with E-state index in [1.54, 1.807) is 27.2 Å². The number of carbonyl (C=O) groups excluding carboxylic acids is 1. The summed E-state index contributed by atoms with van der Waals surface area (Å²) in [6, 6.07) is 7.56. The predicted octanol–water partition coefficient (Wildman–Crippen LogP) is 1.81. The first kappa shape index (κ1) is 26.7. The minimum absolute atomic E-state index is 0. The van der Waals surface area contributed by atoms with Crippen LogP contribution < -0.4 is 33.6 Å². The van der Waals surface area contributed by atoms with Crippen LogP contribution in [0.3, 0.4) is 0 Å². The maximum atomic E-state index is 13.2. The van der Waals surface area contributed by atoms with Crippen molar-refractivity contribution in [2.75, 3.05) is 14.2 Å². The molecule has 158 valence electrons. The summed E-state index contributed by atoms with van der Waals surface area (Å²) in [5, 5.41) is 0.813. The Labute approximate surface area is 193 Å². The van der Waals surface area contributed by atoms with Crippen LogP contribution in [0.1, 0.15) is 46.5 Å². The molecule has 0 aliphatic carbocycles. The average molecular weight is 425 g/mol. The minimum Gasteiger partial charge on any atom is -0.465 e. The number of hydrogen-bond acceptors (Lipinski definition) is 5. The van der Waals surface area contributed by atoms with Crippen molar-refractivity contribution in [3.8, 4) is 11.5 Å². The third kappa shape index (κ3) is 6.58. The SMILES string of the molecule is COC(C)Oc1ccc(PC(=O)c2c(C)cc(C)c(C)c2C)c(OC(C)OC)c1.[Li+]. The molecule has 30 heavy (non-hydrogen) atoms. The fourth-order valence-corrected chi connectivity index (χ4v) is 4.24. The maximum absolute atomic E-state index is 13.2. The molecule has 0 N–H and O–H groups in total. The fraction of sp³-hybridized carbons (Fsp3) is 0.435. The molecule has 2 aromatic rings. The summed E-state index contributed by atoms with van der Waals surface area (Å²) in [6.07, 6.45) is -0.840. The molecule has 0 bridgehead atoms. The van der Waals surface area contributed by atoms with E-state index in [9.17, 15) is 4.79 Å². The molecular formula is C23H31LiO5P+. The molecule has 0 fully saturated rings. The van der Waals surface area contributed by atoms with E-state index in [0.717, 1.165) is 27.6 Å². The van der Waals surface area contributed by atoms with E-state index >= 15 is 0 Å². The first-order valence-electron chi connectivity index (χ1n) is 9.59. The van der Waals surface area contributed by atoms with Crippen LogP contribution in [0.4, 0.5) is 0 Å². The molecule has 3 atom stereocenters. The summed E-state index contributed by atoms with van der Waals surface area (Å²) < 4.78 is 22.0. The molecule has 0 aliphatic heterocycles. The maximum Gasteiger partial charge on any atom is 1.00 e. The zero-order chi connectivity index (χ0) is 21.7. The van der Waals surface area contributed by atoms with Gasteiger partial charge in [0.1, 0.15) is 11.5 Å². The molecule has 0 radical (unpaired) electrons. The van der Waals surface area contributed by atoms with E-state index in [4.69, 9.17) is 18.9 Å². The van der Waals surface area contributed by atoms with Crippen molar-refractivity contribution in [2.24, 2.45) is 0 Å². The Morgan fingerprint density at radius 3 is 2.07 bits per heavy atom. The summed E-state index contributed by atoms with van der Waals surface area (Å²) in [5.41, 5.74) is 5.30. The van der Waals surface area contributed by atoms with Gasteiger partial charge in [-0.25, -0.2) is 0 Å². The Morgan fingerprint density at radius 2 is 1.47 bits per heavy atom. The van der Waals surface area contributed by atoms with E-state index < -0.39 is 12.6 Å². The summed E-state index contributed by atoms with van der Waals surface area (Å²) >= 11 is 0. The van der Waals surface area contributed by atoms with E-state index in [1.165, 1.54) is 5.56 Å². The summed E-state index contributed by atoms with van der Waals surface area (Å²) in [6.45, 7) is 11.7. The molecule has 2 aromatic carbocycles. The Hall–Kier alpha value is -1.34. The van der Waals surface area contributed by atoms with E-state index in [1.807, 2.05) is 32.9 Å². The van der Waals surface area contributed by atoms with E-state index in [0.29, 0.717) is 11.5 Å². The fourth-order valence-electron chi connectivity index (χ4n) is 3.06. The van der Waals surface area contributed by atoms with Crippen molar-refractivity contribution in [1.29, 1.82) is 0 Å². The minimum atomic E-state index is -0.450. The molecule has 0 heterocycles. The van der Waals surface area contributed by atoms with Gasteiger partial charge < -0.3 is 18.9 Å². The van der Waals surface area contributed by atoms with Gasteiger partial charge in [-0.05, 0) is 84.5 Å². The standard InChI is InChI=1S/C23H31O5P.Li/c1-13-11-14(2)22(16(4)15(13)3)23(24)29-21-10-9-19(27-17(5)25-7)12-20(21)28-18(6)26-8;/h9-12,17-18,29H,1-8H3;/q;+1. The zero-order valence-corrected chi connectivity index (χ0v) is 20.5. The second-order valence-electron chi connectivity index (χ2n) is 7.09. The smallest absolute Gasteiger partial charge is 0.465 e. The third-order valence-electron chi connectivity index (χ3n) is 5.04. The van der Waals surface area contributed by atoms with Gasteiger partial charge >= 0.3 is 18.9 Å². The second kappa shape index (κ2) is 11.9. The van der Waals surface area contributed by atoms with Crippen molar-refractivity contribution in [2.45, 2.75) is 54.1 Å². The molecule has 5 nitrogen and oxygen atoms in total. The Bertz CT molecular complexity index is 884. The number of benzene rings is 2. The van der Waals surface area contributed by atoms with Crippen molar-refractivity contribution in [3.63, 3.8) is 0 Å². The van der Waals surface area contributed by atoms with Crippen LogP contribution in [0.2, 0.25) is 0 Å². The van der Waals surface area contributed by atoms with Crippen LogP contribution >= 0.6 is 8.58 Å². The molecule has 0 saturated heterocycles. The number of ether oxygens (including phenoxy) is 4. The molecule has 7 heteroatoms. The van der Waals surface area contributed by atoms with Crippen LogP contribution in [0.15, 0.2) is 24.3 Å². The topological polar surface area (TPSA) is 54.0 Å². The van der Waals surface area contributed by atoms with Gasteiger partial charge in [0, 0.05) is 31.2 Å². The number of rotatable bonds is 9. The number of methoxy groups -OCH3 is 2. The molecule has 0 aromatic heterocycles. The van der Waals surface area contributed by atoms with Gasteiger partial charge in [0.05, 0.1) is 0 Å². The van der Waals surface area contributed by atoms with Gasteiger partial charge in [0.25, 0.3) is 0 Å². The molecule has 0 amide bonds. The first-order chi connectivity index (χ1) is 13.7. The third-order valence-corrected chi connectivity index (χ3v) is 6.20. The van der Waals surface area contributed by atoms with Crippen LogP contribution in [-0.2, 0) is 9.47 Å².